The molecule has 0 aliphatic rings. The van der Waals surface area contributed by atoms with Gasteiger partial charge >= 0.3 is 11.9 Å². The number of thiophene rings is 1. The Kier molecular flexibility index (Phi) is 7.97. The van der Waals surface area contributed by atoms with E-state index < -0.39 is 26.0 Å². The second kappa shape index (κ2) is 9.67. The third-order valence-corrected chi connectivity index (χ3v) is 11.1. The first-order valence-corrected chi connectivity index (χ1v) is 14.7. The van der Waals surface area contributed by atoms with E-state index in [2.05, 4.69) is 44.1 Å². The van der Waals surface area contributed by atoms with Crippen molar-refractivity contribution >= 4 is 31.6 Å². The molecule has 2 heterocycles. The molecule has 0 aliphatic heterocycles. The lowest BCUT2D eigenvalue weighted by Gasteiger charge is -2.39. The number of methoxy groups -OCH3 is 1. The summed E-state index contributed by atoms with van der Waals surface area (Å²) in [6.07, 6.45) is -0.699. The quantitative estimate of drug-likeness (QED) is 0.368. The zero-order chi connectivity index (χ0) is 25.4. The lowest BCUT2D eigenvalue weighted by atomic mass is 10.2. The lowest BCUT2D eigenvalue weighted by Crippen LogP contribution is -2.42. The van der Waals surface area contributed by atoms with Gasteiger partial charge in [0, 0.05) is 4.88 Å². The molecule has 1 atom stereocenters. The molecule has 0 aromatic carbocycles. The molecule has 0 spiro atoms. The summed E-state index contributed by atoms with van der Waals surface area (Å²) in [4.78, 5) is 26.2. The van der Waals surface area contributed by atoms with Crippen LogP contribution in [0.4, 0.5) is 0 Å². The fourth-order valence-corrected chi connectivity index (χ4v) is 5.32. The summed E-state index contributed by atoms with van der Waals surface area (Å²) in [5, 5.41) is 9.23. The van der Waals surface area contributed by atoms with E-state index in [0.717, 1.165) is 4.88 Å². The van der Waals surface area contributed by atoms with Crippen LogP contribution >= 0.6 is 11.3 Å². The molecule has 0 saturated carbocycles. The van der Waals surface area contributed by atoms with Crippen molar-refractivity contribution < 1.29 is 23.5 Å². The number of aryl methyl sites for hydroxylation is 2. The number of nitrogens with zero attached hydrogens (tertiary/aromatic N) is 3. The van der Waals surface area contributed by atoms with Gasteiger partial charge in [0.1, 0.15) is 22.5 Å². The normalized spacial score (nSPS) is 13.7. The predicted molar refractivity (Wildman–Crippen MR) is 132 cm³/mol. The van der Waals surface area contributed by atoms with Crippen LogP contribution in [0.15, 0.2) is 6.07 Å². The highest BCUT2D eigenvalue weighted by atomic mass is 32.1. The Morgan fingerprint density at radius 3 is 2.24 bits per heavy atom. The summed E-state index contributed by atoms with van der Waals surface area (Å²) in [6.45, 7) is 19.9. The third kappa shape index (κ3) is 6.51. The van der Waals surface area contributed by atoms with Crippen molar-refractivity contribution in [2.24, 2.45) is 0 Å². The Morgan fingerprint density at radius 2 is 1.73 bits per heavy atom. The molecular formula is C23H37N3O5SSi. The molecular weight excluding hydrogens is 458 g/mol. The SMILES string of the molecule is COC(=O)c1cc(C)sc1-n1c(C)nnc1[C@H](CC(=O)OC(C)(C)C)O[Si](C)(C)C(C)(C)C. The highest BCUT2D eigenvalue weighted by Crippen LogP contribution is 2.41. The van der Waals surface area contributed by atoms with Crippen LogP contribution in [0.3, 0.4) is 0 Å². The molecule has 2 aromatic heterocycles. The van der Waals surface area contributed by atoms with Crippen molar-refractivity contribution in [1.82, 2.24) is 14.8 Å². The number of esters is 2. The van der Waals surface area contributed by atoms with E-state index in [9.17, 15) is 9.59 Å². The number of ether oxygens (including phenoxy) is 2. The number of aromatic nitrogens is 3. The van der Waals surface area contributed by atoms with E-state index in [1.807, 2.05) is 34.6 Å². The maximum Gasteiger partial charge on any atom is 0.340 e. The second-order valence-electron chi connectivity index (χ2n) is 10.7. The summed E-state index contributed by atoms with van der Waals surface area (Å²) in [5.74, 6) is 0.233. The summed E-state index contributed by atoms with van der Waals surface area (Å²) < 4.78 is 19.1. The molecule has 0 aliphatic carbocycles. The number of carbonyl (C=O) groups excluding carboxylic acids is 2. The van der Waals surface area contributed by atoms with Gasteiger partial charge in [0.05, 0.1) is 19.1 Å². The molecule has 8 nitrogen and oxygen atoms in total. The Hall–Kier alpha value is -2.04. The molecule has 2 rings (SSSR count). The molecule has 0 radical (unpaired) electrons. The standard InChI is InChI=1S/C23H37N3O5SSi/c1-14-12-16(21(28)29-9)20(32-14)26-15(2)24-25-19(26)17(13-18(27)30-22(3,4)5)31-33(10,11)23(6,7)8/h12,17H,13H2,1-11H3/t17-/m0/s1. The van der Waals surface area contributed by atoms with Gasteiger partial charge in [0.15, 0.2) is 14.1 Å². The van der Waals surface area contributed by atoms with Gasteiger partial charge in [-0.15, -0.1) is 21.5 Å². The minimum Gasteiger partial charge on any atom is -0.465 e. The van der Waals surface area contributed by atoms with Gasteiger partial charge in [-0.25, -0.2) is 4.79 Å². The minimum atomic E-state index is -2.31. The van der Waals surface area contributed by atoms with Crippen molar-refractivity contribution in [1.29, 1.82) is 0 Å². The molecule has 2 aromatic rings. The van der Waals surface area contributed by atoms with Crippen LogP contribution in [-0.4, -0.2) is 47.7 Å². The number of rotatable bonds is 7. The van der Waals surface area contributed by atoms with Gasteiger partial charge in [-0.2, -0.15) is 0 Å². The van der Waals surface area contributed by atoms with Gasteiger partial charge < -0.3 is 13.9 Å². The van der Waals surface area contributed by atoms with Crippen molar-refractivity contribution in [3.8, 4) is 5.00 Å². The molecule has 0 bridgehead atoms. The van der Waals surface area contributed by atoms with E-state index in [-0.39, 0.29) is 17.4 Å². The van der Waals surface area contributed by atoms with Crippen LogP contribution in [0.5, 0.6) is 0 Å². The first kappa shape index (κ1) is 27.2. The second-order valence-corrected chi connectivity index (χ2v) is 16.7. The first-order chi connectivity index (χ1) is 15.0. The van der Waals surface area contributed by atoms with Gasteiger partial charge in [-0.3, -0.25) is 9.36 Å². The largest absolute Gasteiger partial charge is 0.465 e. The molecule has 184 valence electrons. The molecule has 0 fully saturated rings. The summed E-state index contributed by atoms with van der Waals surface area (Å²) in [5.41, 5.74) is -0.196. The zero-order valence-electron chi connectivity index (χ0n) is 21.7. The average Bonchev–Trinajstić information content (AvgIpc) is 3.20. The molecule has 0 saturated heterocycles. The van der Waals surface area contributed by atoms with E-state index in [1.54, 1.807) is 10.6 Å². The van der Waals surface area contributed by atoms with Crippen molar-refractivity contribution in [3.63, 3.8) is 0 Å². The average molecular weight is 496 g/mol. The molecule has 0 unspecified atom stereocenters. The fraction of sp³-hybridized carbons (Fsp3) is 0.652. The smallest absolute Gasteiger partial charge is 0.340 e. The Labute approximate surface area is 201 Å². The highest BCUT2D eigenvalue weighted by molar-refractivity contribution is 7.14. The van der Waals surface area contributed by atoms with Crippen LogP contribution < -0.4 is 0 Å². The number of hydrogen-bond acceptors (Lipinski definition) is 8. The molecule has 0 amide bonds. The van der Waals surface area contributed by atoms with Gasteiger partial charge in [-0.05, 0) is 58.8 Å². The monoisotopic (exact) mass is 495 g/mol. The van der Waals surface area contributed by atoms with Crippen molar-refractivity contribution in [2.45, 2.75) is 91.6 Å². The van der Waals surface area contributed by atoms with E-state index in [1.165, 1.54) is 18.4 Å². The Balaban J connectivity index is 2.62. The lowest BCUT2D eigenvalue weighted by molar-refractivity contribution is -0.157. The maximum atomic E-state index is 12.8. The molecule has 10 heteroatoms. The fourth-order valence-electron chi connectivity index (χ4n) is 3.02. The summed E-state index contributed by atoms with van der Waals surface area (Å²) in [7, 11) is -0.953. The topological polar surface area (TPSA) is 92.5 Å². The van der Waals surface area contributed by atoms with E-state index >= 15 is 0 Å². The van der Waals surface area contributed by atoms with Crippen molar-refractivity contribution in [2.75, 3.05) is 7.11 Å². The first-order valence-electron chi connectivity index (χ1n) is 11.0. The number of carbonyl (C=O) groups is 2. The van der Waals surface area contributed by atoms with E-state index in [4.69, 9.17) is 13.9 Å². The van der Waals surface area contributed by atoms with Gasteiger partial charge in [-0.1, -0.05) is 20.8 Å². The van der Waals surface area contributed by atoms with E-state index in [0.29, 0.717) is 22.2 Å². The molecule has 33 heavy (non-hydrogen) atoms. The van der Waals surface area contributed by atoms with Crippen LogP contribution in [0.25, 0.3) is 5.00 Å². The maximum absolute atomic E-state index is 12.8. The van der Waals surface area contributed by atoms with Gasteiger partial charge in [0.25, 0.3) is 0 Å². The number of hydrogen-bond donors (Lipinski definition) is 0. The summed E-state index contributed by atoms with van der Waals surface area (Å²) >= 11 is 1.44. The minimum absolute atomic E-state index is 0.0141. The van der Waals surface area contributed by atoms with Crippen molar-refractivity contribution in [3.05, 3.63) is 28.2 Å². The summed E-state index contributed by atoms with van der Waals surface area (Å²) in [6, 6.07) is 1.78. The highest BCUT2D eigenvalue weighted by Gasteiger charge is 2.42. The van der Waals surface area contributed by atoms with Crippen LogP contribution in [0, 0.1) is 13.8 Å². The Bertz CT molecular complexity index is 1010. The van der Waals surface area contributed by atoms with Crippen LogP contribution in [0.1, 0.15) is 81.0 Å². The zero-order valence-corrected chi connectivity index (χ0v) is 23.5. The van der Waals surface area contributed by atoms with Gasteiger partial charge in [0.2, 0.25) is 0 Å². The van der Waals surface area contributed by atoms with Crippen LogP contribution in [0.2, 0.25) is 18.1 Å². The predicted octanol–water partition coefficient (Wildman–Crippen LogP) is 5.53. The third-order valence-electron chi connectivity index (χ3n) is 5.60. The Morgan fingerprint density at radius 1 is 1.12 bits per heavy atom. The molecule has 0 N–H and O–H groups in total. The van der Waals surface area contributed by atoms with Crippen LogP contribution in [-0.2, 0) is 18.7 Å².